The minimum absolute atomic E-state index is 0.158. The van der Waals surface area contributed by atoms with Crippen molar-refractivity contribution in [1.29, 1.82) is 0 Å². The first kappa shape index (κ1) is 70.8. The Kier molecular flexibility index (Phi) is 17.4. The molecule has 115 heavy (non-hydrogen) atoms. The van der Waals surface area contributed by atoms with E-state index in [2.05, 4.69) is 13.2 Å². The van der Waals surface area contributed by atoms with Crippen LogP contribution in [-0.2, 0) is 10.8 Å². The highest BCUT2D eigenvalue weighted by Gasteiger charge is 2.51. The number of anilines is 6. The van der Waals surface area contributed by atoms with Crippen molar-refractivity contribution in [1.82, 2.24) is 0 Å². The van der Waals surface area contributed by atoms with E-state index in [0.29, 0.717) is 123 Å². The van der Waals surface area contributed by atoms with Crippen LogP contribution in [0.25, 0.3) is 78.6 Å². The molecule has 0 saturated heterocycles. The molecule has 554 valence electrons. The molecule has 0 radical (unpaired) electrons. The van der Waals surface area contributed by atoms with Crippen molar-refractivity contribution in [2.75, 3.05) is 9.80 Å². The minimum Gasteiger partial charge on any atom is -0.457 e. The molecule has 17 aromatic rings. The van der Waals surface area contributed by atoms with E-state index in [1.165, 1.54) is 48.5 Å². The topological polar surface area (TPSA) is 38.1 Å². The van der Waals surface area contributed by atoms with Gasteiger partial charge in [-0.15, -0.1) is 0 Å². The van der Waals surface area contributed by atoms with Crippen LogP contribution in [-0.4, -0.2) is 0 Å². The number of furan rings is 1. The van der Waals surface area contributed by atoms with Crippen molar-refractivity contribution in [3.63, 3.8) is 0 Å². The number of benzene rings is 16. The van der Waals surface area contributed by atoms with Gasteiger partial charge >= 0.3 is 0 Å². The number of fused-ring (bicyclic) bond motifs is 9. The molecule has 5 nitrogen and oxygen atoms in total. The molecule has 0 bridgehead atoms. The Bertz CT molecular complexity index is 6330. The molecular formula is C102H62F8N2O3. The van der Waals surface area contributed by atoms with E-state index in [9.17, 15) is 0 Å². The Labute approximate surface area is 656 Å². The lowest BCUT2D eigenvalue weighted by molar-refractivity contribution is 0.481. The standard InChI is InChI=1S/C102H62F8N2O3/c1-3-61-25-39-75(40-26-61)113-77-43-31-67(32-44-77)101(99-91(105)21-11-22-92(99)106)85-19-7-5-17-79(85)81-47-29-65(55-87(81)101)63-13-9-15-69(53-63)111(73-35-49-89(103)95(109)59-73)71-37-51-97-83(57-71)84-58-72(38-52-98(84)115-97)112(74-36-50-90(104)96(110)60-74)70-16-10-14-64(54-70)66-30-48-82-80-18-6-8-20-86(80)102(88(82)56-66,100-93(107)23-12-24-94(100)108)68-33-45-78(46-34-68)114-76-41-27-62(4-2)28-42-76/h3-60H,1-2H2. The Hall–Kier alpha value is -14.6. The van der Waals surface area contributed by atoms with Crippen LogP contribution in [0.2, 0.25) is 0 Å². The molecule has 2 unspecified atom stereocenters. The SMILES string of the molecule is C=Cc1ccc(Oc2ccc(C3(c4c(F)cccc4F)c4ccccc4-c4ccc(-c5cccc(N(c6ccc(F)c(F)c6)c6ccc7oc8ccc(N(c9cccc(-c%10ccc%11c(c%10)C(c%10ccc(Oc%12ccc(C=C)cc%12)cc%10)(c%10c(F)cccc%10F)c%10ccccc%10-%11)c9)c9ccc(F)c(F)c9)cc8c7c6)c5)cc43)cc2)cc1. The summed E-state index contributed by atoms with van der Waals surface area (Å²) in [6.45, 7) is 7.70. The Morgan fingerprint density at radius 2 is 0.591 bits per heavy atom. The third-order valence-electron chi connectivity index (χ3n) is 22.2. The van der Waals surface area contributed by atoms with E-state index in [0.717, 1.165) is 57.6 Å². The Morgan fingerprint density at radius 1 is 0.261 bits per heavy atom. The molecule has 16 aromatic carbocycles. The molecule has 19 rings (SSSR count). The van der Waals surface area contributed by atoms with E-state index < -0.39 is 57.4 Å². The van der Waals surface area contributed by atoms with Crippen molar-refractivity contribution >= 4 is 68.2 Å². The van der Waals surface area contributed by atoms with Gasteiger partial charge in [0.2, 0.25) is 0 Å². The second-order valence-electron chi connectivity index (χ2n) is 28.5. The molecule has 2 atom stereocenters. The van der Waals surface area contributed by atoms with Gasteiger partial charge in [-0.3, -0.25) is 0 Å². The molecular weight excluding hydrogens is 1450 g/mol. The zero-order valence-electron chi connectivity index (χ0n) is 61.0. The monoisotopic (exact) mass is 1510 g/mol. The summed E-state index contributed by atoms with van der Waals surface area (Å²) in [5, 5.41) is 1.20. The van der Waals surface area contributed by atoms with E-state index in [1.807, 2.05) is 231 Å². The van der Waals surface area contributed by atoms with Gasteiger partial charge in [0, 0.05) is 68.2 Å². The van der Waals surface area contributed by atoms with Crippen LogP contribution in [0, 0.1) is 46.5 Å². The highest BCUT2D eigenvalue weighted by atomic mass is 19.2. The number of hydrogen-bond acceptors (Lipinski definition) is 5. The third-order valence-corrected chi connectivity index (χ3v) is 22.2. The summed E-state index contributed by atoms with van der Waals surface area (Å²) in [6.07, 6.45) is 3.48. The average molecular weight is 1520 g/mol. The van der Waals surface area contributed by atoms with Crippen molar-refractivity contribution in [3.05, 3.63) is 455 Å². The van der Waals surface area contributed by atoms with Crippen molar-refractivity contribution in [2.45, 2.75) is 10.8 Å². The van der Waals surface area contributed by atoms with Crippen LogP contribution in [0.15, 0.2) is 357 Å². The van der Waals surface area contributed by atoms with Crippen LogP contribution in [0.5, 0.6) is 23.0 Å². The van der Waals surface area contributed by atoms with Gasteiger partial charge in [-0.05, 0) is 259 Å². The molecule has 0 N–H and O–H groups in total. The summed E-state index contributed by atoms with van der Waals surface area (Å²) in [5.41, 5.74) is 11.5. The predicted molar refractivity (Wildman–Crippen MR) is 441 cm³/mol. The summed E-state index contributed by atoms with van der Waals surface area (Å²) in [6, 6.07) is 97.6. The fraction of sp³-hybridized carbons (Fsp3) is 0.0196. The number of hydrogen-bond donors (Lipinski definition) is 0. The molecule has 0 aliphatic heterocycles. The van der Waals surface area contributed by atoms with Gasteiger partial charge in [0.1, 0.15) is 57.4 Å². The largest absolute Gasteiger partial charge is 0.457 e. The van der Waals surface area contributed by atoms with Crippen molar-refractivity contribution < 1.29 is 49.0 Å². The lowest BCUT2D eigenvalue weighted by atomic mass is 9.67. The van der Waals surface area contributed by atoms with Crippen molar-refractivity contribution in [2.24, 2.45) is 0 Å². The second kappa shape index (κ2) is 28.3. The lowest BCUT2D eigenvalue weighted by Gasteiger charge is -2.34. The van der Waals surface area contributed by atoms with Crippen LogP contribution < -0.4 is 19.3 Å². The third kappa shape index (κ3) is 11.9. The number of rotatable bonds is 18. The molecule has 0 spiro atoms. The molecule has 1 heterocycles. The van der Waals surface area contributed by atoms with E-state index >= 15 is 35.1 Å². The molecule has 1 aromatic heterocycles. The van der Waals surface area contributed by atoms with Gasteiger partial charge < -0.3 is 23.7 Å². The van der Waals surface area contributed by atoms with Gasteiger partial charge in [-0.2, -0.15) is 0 Å². The first-order valence-electron chi connectivity index (χ1n) is 37.2. The highest BCUT2D eigenvalue weighted by molar-refractivity contribution is 6.08. The zero-order chi connectivity index (χ0) is 78.4. The quantitative estimate of drug-likeness (QED) is 0.0801. The predicted octanol–water partition coefficient (Wildman–Crippen LogP) is 28.6. The van der Waals surface area contributed by atoms with Crippen LogP contribution in [0.3, 0.4) is 0 Å². The van der Waals surface area contributed by atoms with Gasteiger partial charge in [-0.1, -0.05) is 183 Å². The molecule has 2 aliphatic rings. The highest BCUT2D eigenvalue weighted by Crippen LogP contribution is 2.61. The Balaban J connectivity index is 0.713. The lowest BCUT2D eigenvalue weighted by Crippen LogP contribution is -2.31. The smallest absolute Gasteiger partial charge is 0.160 e. The minimum atomic E-state index is -1.54. The first-order valence-corrected chi connectivity index (χ1v) is 37.2. The maximum absolute atomic E-state index is 17.1. The first-order chi connectivity index (χ1) is 56.1. The second-order valence-corrected chi connectivity index (χ2v) is 28.5. The summed E-state index contributed by atoms with van der Waals surface area (Å²) >= 11 is 0. The summed E-state index contributed by atoms with van der Waals surface area (Å²) in [4.78, 5) is 3.58. The molecule has 0 fully saturated rings. The normalized spacial score (nSPS) is 14.4. The van der Waals surface area contributed by atoms with Crippen LogP contribution in [0.4, 0.5) is 69.2 Å². The average Bonchev–Trinajstić information content (AvgIpc) is 1.54. The van der Waals surface area contributed by atoms with Gasteiger partial charge in [0.05, 0.1) is 10.8 Å². The molecule has 13 heteroatoms. The maximum atomic E-state index is 17.1. The van der Waals surface area contributed by atoms with Gasteiger partial charge in [-0.25, -0.2) is 35.1 Å². The van der Waals surface area contributed by atoms with E-state index in [1.54, 1.807) is 58.4 Å². The zero-order valence-corrected chi connectivity index (χ0v) is 61.0. The van der Waals surface area contributed by atoms with Crippen molar-refractivity contribution in [3.8, 4) is 67.5 Å². The molecule has 0 amide bonds. The Morgan fingerprint density at radius 3 is 0.974 bits per heavy atom. The van der Waals surface area contributed by atoms with Crippen LogP contribution >= 0.6 is 0 Å². The fourth-order valence-electron chi connectivity index (χ4n) is 17.1. The summed E-state index contributed by atoms with van der Waals surface area (Å²) in [5.74, 6) is -5.07. The summed E-state index contributed by atoms with van der Waals surface area (Å²) in [7, 11) is 0. The maximum Gasteiger partial charge on any atom is 0.160 e. The number of ether oxygens (including phenoxy) is 2. The van der Waals surface area contributed by atoms with Crippen LogP contribution in [0.1, 0.15) is 55.6 Å². The molecule has 2 aliphatic carbocycles. The number of nitrogens with zero attached hydrogens (tertiary/aromatic N) is 2. The van der Waals surface area contributed by atoms with E-state index in [-0.39, 0.29) is 22.5 Å². The number of halogens is 8. The van der Waals surface area contributed by atoms with Gasteiger partial charge in [0.15, 0.2) is 23.3 Å². The fourth-order valence-corrected chi connectivity index (χ4v) is 17.1. The van der Waals surface area contributed by atoms with E-state index in [4.69, 9.17) is 13.9 Å². The van der Waals surface area contributed by atoms with Gasteiger partial charge in [0.25, 0.3) is 0 Å². The molecule has 0 saturated carbocycles. The summed E-state index contributed by atoms with van der Waals surface area (Å²) < 4.78 is 150.